The maximum absolute atomic E-state index is 16.9. The van der Waals surface area contributed by atoms with Gasteiger partial charge in [-0.2, -0.15) is 0 Å². The van der Waals surface area contributed by atoms with Gasteiger partial charge in [-0.25, -0.2) is 14.4 Å². The zero-order valence-corrected chi connectivity index (χ0v) is 27.2. The van der Waals surface area contributed by atoms with Crippen LogP contribution in [-0.2, 0) is 5.41 Å². The fourth-order valence-electron chi connectivity index (χ4n) is 7.98. The number of thiophene rings is 1. The molecule has 0 fully saturated rings. The van der Waals surface area contributed by atoms with E-state index in [0.717, 1.165) is 50.1 Å². The largest absolute Gasteiger partial charge is 0.299 e. The highest BCUT2D eigenvalue weighted by Gasteiger charge is 2.40. The fourth-order valence-corrected chi connectivity index (χ4v) is 9.10. The molecule has 4 nitrogen and oxygen atoms in total. The Kier molecular flexibility index (Phi) is 5.71. The number of pyridine rings is 2. The molecule has 1 aliphatic rings. The van der Waals surface area contributed by atoms with E-state index in [0.29, 0.717) is 11.1 Å². The predicted octanol–water partition coefficient (Wildman–Crippen LogP) is 11.6. The number of nitrogens with zero attached hydrogens (tertiary/aromatic N) is 4. The number of aromatic nitrogens is 3. The van der Waals surface area contributed by atoms with Crippen LogP contribution in [0.5, 0.6) is 0 Å². The van der Waals surface area contributed by atoms with Gasteiger partial charge >= 0.3 is 0 Å². The Balaban J connectivity index is 1.17. The lowest BCUT2D eigenvalue weighted by Crippen LogP contribution is -2.31. The first-order valence-corrected chi connectivity index (χ1v) is 17.0. The number of hydrogen-bond donors (Lipinski definition) is 0. The quantitative estimate of drug-likeness (QED) is 0.180. The second-order valence-electron chi connectivity index (χ2n) is 13.2. The highest BCUT2D eigenvalue weighted by molar-refractivity contribution is 7.25. The summed E-state index contributed by atoms with van der Waals surface area (Å²) in [6.07, 6.45) is 4.27. The van der Waals surface area contributed by atoms with Crippen molar-refractivity contribution in [3.63, 3.8) is 0 Å². The summed E-state index contributed by atoms with van der Waals surface area (Å²) in [5.41, 5.74) is 7.22. The van der Waals surface area contributed by atoms with Gasteiger partial charge in [0.1, 0.15) is 11.5 Å². The van der Waals surface area contributed by atoms with E-state index in [9.17, 15) is 0 Å². The van der Waals surface area contributed by atoms with Crippen molar-refractivity contribution in [2.45, 2.75) is 25.4 Å². The summed E-state index contributed by atoms with van der Waals surface area (Å²) in [4.78, 5) is 11.7. The predicted molar refractivity (Wildman–Crippen MR) is 197 cm³/mol. The Labute approximate surface area is 280 Å². The molecule has 0 amide bonds. The monoisotopic (exact) mass is 640 g/mol. The van der Waals surface area contributed by atoms with Crippen molar-refractivity contribution in [1.82, 2.24) is 14.4 Å². The number of alkyl halides is 1. The summed E-state index contributed by atoms with van der Waals surface area (Å²) in [7, 11) is 0. The minimum Gasteiger partial charge on any atom is -0.299 e. The first-order valence-electron chi connectivity index (χ1n) is 16.2. The minimum atomic E-state index is -1.33. The van der Waals surface area contributed by atoms with Gasteiger partial charge in [0.05, 0.1) is 16.9 Å². The Morgan fingerprint density at radius 1 is 0.667 bits per heavy atom. The zero-order valence-electron chi connectivity index (χ0n) is 26.4. The van der Waals surface area contributed by atoms with E-state index in [-0.39, 0.29) is 5.41 Å². The molecule has 0 bridgehead atoms. The van der Waals surface area contributed by atoms with Crippen molar-refractivity contribution in [3.05, 3.63) is 156 Å². The normalized spacial score (nSPS) is 14.6. The molecule has 6 heteroatoms. The number of para-hydroxylation sites is 1. The highest BCUT2D eigenvalue weighted by atomic mass is 32.1. The molecule has 0 saturated carbocycles. The van der Waals surface area contributed by atoms with E-state index >= 15 is 4.39 Å². The Morgan fingerprint density at radius 3 is 2.33 bits per heavy atom. The van der Waals surface area contributed by atoms with Gasteiger partial charge in [-0.3, -0.25) is 9.30 Å². The molecule has 5 heterocycles. The standard InChI is InChI=1S/C42H29FN4S/c1-42(2)31-17-15-26(40(43)25-14-16-27-28-9-3-5-11-32(28)46-22-21-45-41(46)30(27)23-25)24-34(31)47(37-13-7-8-20-44-37)33-18-19-36-38(39(33)42)29-10-4-6-12-35(29)48-36/h3-24,40H,1-2H3. The number of halogens is 1. The zero-order chi connectivity index (χ0) is 32.1. The topological polar surface area (TPSA) is 33.4 Å². The molecule has 1 atom stereocenters. The molecule has 1 unspecified atom stereocenters. The summed E-state index contributed by atoms with van der Waals surface area (Å²) in [5.74, 6) is 0.807. The van der Waals surface area contributed by atoms with Crippen LogP contribution < -0.4 is 4.90 Å². The average Bonchev–Trinajstić information content (AvgIpc) is 3.77. The van der Waals surface area contributed by atoms with Crippen molar-refractivity contribution in [1.29, 1.82) is 0 Å². The molecular formula is C42H29FN4S. The lowest BCUT2D eigenvalue weighted by Gasteiger charge is -2.42. The third-order valence-corrected chi connectivity index (χ3v) is 11.3. The molecule has 4 aromatic heterocycles. The first-order chi connectivity index (χ1) is 23.5. The van der Waals surface area contributed by atoms with Crippen molar-refractivity contribution in [3.8, 4) is 0 Å². The van der Waals surface area contributed by atoms with Gasteiger partial charge in [0.2, 0.25) is 0 Å². The number of anilines is 3. The Bertz CT molecular complexity index is 2740. The van der Waals surface area contributed by atoms with Crippen LogP contribution >= 0.6 is 11.3 Å². The lowest BCUT2D eigenvalue weighted by atomic mass is 9.71. The van der Waals surface area contributed by atoms with Crippen molar-refractivity contribution < 1.29 is 4.39 Å². The molecule has 10 rings (SSSR count). The van der Waals surface area contributed by atoms with E-state index in [1.54, 1.807) is 0 Å². The summed E-state index contributed by atoms with van der Waals surface area (Å²) in [6.45, 7) is 4.59. The van der Waals surface area contributed by atoms with E-state index in [4.69, 9.17) is 4.98 Å². The molecule has 0 aliphatic carbocycles. The second kappa shape index (κ2) is 9.96. The van der Waals surface area contributed by atoms with Crippen LogP contribution in [0.1, 0.15) is 42.3 Å². The summed E-state index contributed by atoms with van der Waals surface area (Å²) in [5, 5.41) is 5.67. The third kappa shape index (κ3) is 3.75. The summed E-state index contributed by atoms with van der Waals surface area (Å²) >= 11 is 1.83. The van der Waals surface area contributed by atoms with E-state index < -0.39 is 6.17 Å². The fraction of sp³-hybridized carbons (Fsp3) is 0.0952. The SMILES string of the molecule is CC1(C)c2ccc(C(F)c3ccc4c5ccccc5n5ccnc5c4c3)cc2N(c2ccccn2)c2ccc3sc4ccccc4c3c21. The van der Waals surface area contributed by atoms with Crippen LogP contribution in [0.15, 0.2) is 134 Å². The lowest BCUT2D eigenvalue weighted by molar-refractivity contribution is 0.402. The van der Waals surface area contributed by atoms with Crippen molar-refractivity contribution in [2.24, 2.45) is 0 Å². The van der Waals surface area contributed by atoms with Gasteiger partial charge < -0.3 is 0 Å². The van der Waals surface area contributed by atoms with Gasteiger partial charge in [-0.1, -0.05) is 80.6 Å². The van der Waals surface area contributed by atoms with Crippen molar-refractivity contribution in [2.75, 3.05) is 4.90 Å². The molecule has 0 saturated heterocycles. The smallest absolute Gasteiger partial charge is 0.150 e. The minimum absolute atomic E-state index is 0.347. The van der Waals surface area contributed by atoms with Crippen LogP contribution in [0.2, 0.25) is 0 Å². The van der Waals surface area contributed by atoms with E-state index in [1.807, 2.05) is 90.6 Å². The maximum atomic E-state index is 16.9. The molecule has 0 N–H and O–H groups in total. The number of imidazole rings is 1. The number of hydrogen-bond acceptors (Lipinski definition) is 4. The number of rotatable bonds is 3. The molecule has 230 valence electrons. The van der Waals surface area contributed by atoms with E-state index in [1.165, 1.54) is 25.7 Å². The van der Waals surface area contributed by atoms with Crippen LogP contribution in [0.3, 0.4) is 0 Å². The number of fused-ring (bicyclic) bond motifs is 12. The molecule has 1 aliphatic heterocycles. The molecular weight excluding hydrogens is 612 g/mol. The number of benzene rings is 5. The van der Waals surface area contributed by atoms with Gasteiger partial charge in [0, 0.05) is 55.0 Å². The Hall–Kier alpha value is -5.59. The van der Waals surface area contributed by atoms with Crippen molar-refractivity contribution >= 4 is 76.0 Å². The molecule has 9 aromatic rings. The second-order valence-corrected chi connectivity index (χ2v) is 14.2. The van der Waals surface area contributed by atoms with Crippen LogP contribution in [0.25, 0.3) is 47.5 Å². The van der Waals surface area contributed by atoms with Gasteiger partial charge in [0.15, 0.2) is 6.17 Å². The molecule has 5 aromatic carbocycles. The highest BCUT2D eigenvalue weighted by Crippen LogP contribution is 2.56. The van der Waals surface area contributed by atoms with Crippen LogP contribution in [0, 0.1) is 0 Å². The van der Waals surface area contributed by atoms with Crippen LogP contribution in [0.4, 0.5) is 21.6 Å². The average molecular weight is 641 g/mol. The third-order valence-electron chi connectivity index (χ3n) is 10.2. The van der Waals surface area contributed by atoms with Crippen LogP contribution in [-0.4, -0.2) is 14.4 Å². The summed E-state index contributed by atoms with van der Waals surface area (Å²) < 4.78 is 21.5. The first kappa shape index (κ1) is 27.5. The Morgan fingerprint density at radius 2 is 1.46 bits per heavy atom. The van der Waals surface area contributed by atoms with E-state index in [2.05, 4.69) is 82.7 Å². The molecule has 0 radical (unpaired) electrons. The van der Waals surface area contributed by atoms with Gasteiger partial charge in [-0.05, 0) is 76.2 Å². The molecule has 0 spiro atoms. The summed E-state index contributed by atoms with van der Waals surface area (Å²) in [6, 6.07) is 39.4. The molecule has 48 heavy (non-hydrogen) atoms. The van der Waals surface area contributed by atoms with Gasteiger partial charge in [-0.15, -0.1) is 11.3 Å². The van der Waals surface area contributed by atoms with Gasteiger partial charge in [0.25, 0.3) is 0 Å². The maximum Gasteiger partial charge on any atom is 0.150 e.